The van der Waals surface area contributed by atoms with Crippen LogP contribution in [0.2, 0.25) is 0 Å². The second-order valence-electron chi connectivity index (χ2n) is 4.08. The number of hydrogen-bond donors (Lipinski definition) is 1. The molecule has 0 aromatic carbocycles. The third-order valence-corrected chi connectivity index (χ3v) is 2.96. The first-order valence-corrected chi connectivity index (χ1v) is 5.56. The van der Waals surface area contributed by atoms with Crippen molar-refractivity contribution < 1.29 is 0 Å². The van der Waals surface area contributed by atoms with Gasteiger partial charge in [-0.25, -0.2) is 9.97 Å². The van der Waals surface area contributed by atoms with Crippen LogP contribution in [0.4, 0.5) is 5.82 Å². The molecule has 2 N–H and O–H groups in total. The minimum Gasteiger partial charge on any atom is -0.353 e. The summed E-state index contributed by atoms with van der Waals surface area (Å²) in [6, 6.07) is 2.62. The Morgan fingerprint density at radius 1 is 1.53 bits per heavy atom. The average Bonchev–Trinajstić information content (AvgIpc) is 2.66. The number of hydrogen-bond acceptors (Lipinski definition) is 4. The topological polar surface area (TPSA) is 55.0 Å². The van der Waals surface area contributed by atoms with E-state index in [1.807, 2.05) is 6.92 Å². The van der Waals surface area contributed by atoms with Gasteiger partial charge in [0.05, 0.1) is 0 Å². The van der Waals surface area contributed by atoms with Gasteiger partial charge in [-0.1, -0.05) is 0 Å². The molecule has 1 saturated heterocycles. The third kappa shape index (κ3) is 2.26. The van der Waals surface area contributed by atoms with Gasteiger partial charge >= 0.3 is 0 Å². The van der Waals surface area contributed by atoms with Crippen LogP contribution in [-0.4, -0.2) is 29.1 Å². The minimum absolute atomic E-state index is 0.573. The fourth-order valence-electron chi connectivity index (χ4n) is 2.23. The summed E-state index contributed by atoms with van der Waals surface area (Å²) in [7, 11) is 0. The van der Waals surface area contributed by atoms with Crippen LogP contribution < -0.4 is 10.6 Å². The molecular weight excluding hydrogens is 188 g/mol. The van der Waals surface area contributed by atoms with Crippen molar-refractivity contribution in [2.24, 2.45) is 5.73 Å². The Hall–Kier alpha value is -1.16. The number of aromatic nitrogens is 2. The molecule has 4 heteroatoms. The summed E-state index contributed by atoms with van der Waals surface area (Å²) < 4.78 is 0. The van der Waals surface area contributed by atoms with Crippen molar-refractivity contribution in [1.82, 2.24) is 9.97 Å². The number of rotatable bonds is 3. The minimum atomic E-state index is 0.573. The fraction of sp³-hybridized carbons (Fsp3) is 0.636. The van der Waals surface area contributed by atoms with Crippen molar-refractivity contribution in [1.29, 1.82) is 0 Å². The van der Waals surface area contributed by atoms with Crippen LogP contribution in [-0.2, 0) is 0 Å². The van der Waals surface area contributed by atoms with E-state index in [1.54, 1.807) is 6.33 Å². The zero-order chi connectivity index (χ0) is 10.7. The molecule has 2 rings (SSSR count). The van der Waals surface area contributed by atoms with E-state index in [1.165, 1.54) is 12.8 Å². The summed E-state index contributed by atoms with van der Waals surface area (Å²) in [5.74, 6) is 1.05. The Kier molecular flexibility index (Phi) is 3.16. The van der Waals surface area contributed by atoms with Gasteiger partial charge in [0.1, 0.15) is 12.1 Å². The normalized spacial score (nSPS) is 20.9. The Labute approximate surface area is 90.5 Å². The maximum atomic E-state index is 5.62. The quantitative estimate of drug-likeness (QED) is 0.804. The summed E-state index contributed by atoms with van der Waals surface area (Å²) in [5.41, 5.74) is 6.65. The van der Waals surface area contributed by atoms with Gasteiger partial charge in [0.2, 0.25) is 0 Å². The molecule has 0 saturated carbocycles. The maximum absolute atomic E-state index is 5.62. The molecule has 1 aromatic rings. The third-order valence-electron chi connectivity index (χ3n) is 2.96. The van der Waals surface area contributed by atoms with E-state index in [4.69, 9.17) is 5.73 Å². The lowest BCUT2D eigenvalue weighted by molar-refractivity contribution is 0.614. The highest BCUT2D eigenvalue weighted by Gasteiger charge is 2.24. The van der Waals surface area contributed by atoms with E-state index < -0.39 is 0 Å². The van der Waals surface area contributed by atoms with Gasteiger partial charge < -0.3 is 10.6 Å². The number of aryl methyl sites for hydroxylation is 1. The first kappa shape index (κ1) is 10.4. The van der Waals surface area contributed by atoms with Crippen molar-refractivity contribution in [2.45, 2.75) is 32.2 Å². The molecule has 1 atom stereocenters. The molecule has 1 fully saturated rings. The van der Waals surface area contributed by atoms with E-state index in [0.717, 1.165) is 31.0 Å². The predicted molar refractivity (Wildman–Crippen MR) is 60.8 cm³/mol. The lowest BCUT2D eigenvalue weighted by Gasteiger charge is -2.25. The fourth-order valence-corrected chi connectivity index (χ4v) is 2.23. The van der Waals surface area contributed by atoms with Gasteiger partial charge in [-0.15, -0.1) is 0 Å². The highest BCUT2D eigenvalue weighted by Crippen LogP contribution is 2.25. The zero-order valence-electron chi connectivity index (χ0n) is 9.19. The smallest absolute Gasteiger partial charge is 0.132 e. The standard InChI is InChI=1S/C11H18N4/c1-9-7-11(14-8-13-9)15-6-2-3-10(15)4-5-12/h7-8,10H,2-6,12H2,1H3. The number of nitrogens with two attached hydrogens (primary N) is 1. The second-order valence-corrected chi connectivity index (χ2v) is 4.08. The number of anilines is 1. The molecule has 1 unspecified atom stereocenters. The molecule has 0 spiro atoms. The van der Waals surface area contributed by atoms with Crippen molar-refractivity contribution in [3.63, 3.8) is 0 Å². The van der Waals surface area contributed by atoms with E-state index in [2.05, 4.69) is 20.9 Å². The Morgan fingerprint density at radius 2 is 2.40 bits per heavy atom. The lowest BCUT2D eigenvalue weighted by atomic mass is 10.1. The lowest BCUT2D eigenvalue weighted by Crippen LogP contribution is -2.31. The first-order chi connectivity index (χ1) is 7.31. The van der Waals surface area contributed by atoms with Crippen molar-refractivity contribution in [3.05, 3.63) is 18.1 Å². The van der Waals surface area contributed by atoms with Gasteiger partial charge in [-0.05, 0) is 32.7 Å². The van der Waals surface area contributed by atoms with Gasteiger partial charge in [0, 0.05) is 24.3 Å². The van der Waals surface area contributed by atoms with Crippen LogP contribution >= 0.6 is 0 Å². The highest BCUT2D eigenvalue weighted by molar-refractivity contribution is 5.41. The van der Waals surface area contributed by atoms with Crippen LogP contribution in [0.15, 0.2) is 12.4 Å². The monoisotopic (exact) mass is 206 g/mol. The second kappa shape index (κ2) is 4.57. The molecule has 4 nitrogen and oxygen atoms in total. The predicted octanol–water partition coefficient (Wildman–Crippen LogP) is 1.10. The van der Waals surface area contributed by atoms with Crippen LogP contribution in [0.3, 0.4) is 0 Å². The average molecular weight is 206 g/mol. The summed E-state index contributed by atoms with van der Waals surface area (Å²) >= 11 is 0. The molecule has 0 aliphatic carbocycles. The van der Waals surface area contributed by atoms with Gasteiger partial charge in [-0.3, -0.25) is 0 Å². The van der Waals surface area contributed by atoms with E-state index in [0.29, 0.717) is 6.04 Å². The van der Waals surface area contributed by atoms with Crippen LogP contribution in [0.5, 0.6) is 0 Å². The Balaban J connectivity index is 2.15. The molecule has 15 heavy (non-hydrogen) atoms. The first-order valence-electron chi connectivity index (χ1n) is 5.56. The highest BCUT2D eigenvalue weighted by atomic mass is 15.2. The van der Waals surface area contributed by atoms with E-state index >= 15 is 0 Å². The largest absolute Gasteiger partial charge is 0.353 e. The van der Waals surface area contributed by atoms with E-state index in [-0.39, 0.29) is 0 Å². The van der Waals surface area contributed by atoms with Crippen LogP contribution in [0.1, 0.15) is 25.0 Å². The molecule has 82 valence electrons. The molecule has 0 radical (unpaired) electrons. The van der Waals surface area contributed by atoms with Gasteiger partial charge in [0.15, 0.2) is 0 Å². The van der Waals surface area contributed by atoms with Crippen molar-refractivity contribution in [2.75, 3.05) is 18.0 Å². The van der Waals surface area contributed by atoms with Crippen molar-refractivity contribution in [3.8, 4) is 0 Å². The van der Waals surface area contributed by atoms with Crippen LogP contribution in [0, 0.1) is 6.92 Å². The molecule has 1 aromatic heterocycles. The van der Waals surface area contributed by atoms with Crippen molar-refractivity contribution >= 4 is 5.82 Å². The SMILES string of the molecule is Cc1cc(N2CCCC2CCN)ncn1. The molecule has 1 aliphatic rings. The summed E-state index contributed by atoms with van der Waals surface area (Å²) in [6.45, 7) is 3.85. The van der Waals surface area contributed by atoms with E-state index in [9.17, 15) is 0 Å². The summed E-state index contributed by atoms with van der Waals surface area (Å²) in [5, 5.41) is 0. The summed E-state index contributed by atoms with van der Waals surface area (Å²) in [6.07, 6.45) is 5.18. The summed E-state index contributed by atoms with van der Waals surface area (Å²) in [4.78, 5) is 10.8. The van der Waals surface area contributed by atoms with Gasteiger partial charge in [-0.2, -0.15) is 0 Å². The molecule has 1 aliphatic heterocycles. The molecule has 0 bridgehead atoms. The molecule has 2 heterocycles. The molecular formula is C11H18N4. The maximum Gasteiger partial charge on any atom is 0.132 e. The zero-order valence-corrected chi connectivity index (χ0v) is 9.19. The Bertz CT molecular complexity index is 326. The Morgan fingerprint density at radius 3 is 3.13 bits per heavy atom. The molecule has 0 amide bonds. The van der Waals surface area contributed by atoms with Crippen LogP contribution in [0.25, 0.3) is 0 Å². The number of nitrogens with zero attached hydrogens (tertiary/aromatic N) is 3. The van der Waals surface area contributed by atoms with Gasteiger partial charge in [0.25, 0.3) is 0 Å².